The zero-order chi connectivity index (χ0) is 15.9. The van der Waals surface area contributed by atoms with Crippen LogP contribution < -0.4 is 5.73 Å². The number of fused-ring (bicyclic) bond motifs is 1. The van der Waals surface area contributed by atoms with Crippen LogP contribution in [-0.4, -0.2) is 19.6 Å². The Bertz CT molecular complexity index is 838. The highest BCUT2D eigenvalue weighted by molar-refractivity contribution is 5.78. The predicted octanol–water partition coefficient (Wildman–Crippen LogP) is 2.95. The minimum absolute atomic E-state index is 0.221. The molecule has 0 atom stereocenters. The number of nitrogens with two attached hydrogens (primary N) is 1. The maximum atomic E-state index is 12.9. The molecule has 0 aliphatic rings. The van der Waals surface area contributed by atoms with E-state index in [-0.39, 0.29) is 5.82 Å². The Labute approximate surface area is 123 Å². The molecule has 0 amide bonds. The molecule has 3 aromatic rings. The normalized spacial score (nSPS) is 12.0. The van der Waals surface area contributed by atoms with E-state index >= 15 is 0 Å². The average molecular weight is 307 g/mol. The van der Waals surface area contributed by atoms with Crippen LogP contribution in [0.5, 0.6) is 0 Å². The van der Waals surface area contributed by atoms with E-state index in [2.05, 4.69) is 15.1 Å². The van der Waals surface area contributed by atoms with Crippen molar-refractivity contribution in [2.24, 2.45) is 0 Å². The van der Waals surface area contributed by atoms with Crippen molar-refractivity contribution in [3.05, 3.63) is 41.9 Å². The first-order valence-corrected chi connectivity index (χ1v) is 6.57. The molecule has 3 rings (SSSR count). The lowest BCUT2D eigenvalue weighted by Crippen LogP contribution is -2.09. The quantitative estimate of drug-likeness (QED) is 0.790. The molecular weight excluding hydrogens is 295 g/mol. The first-order chi connectivity index (χ1) is 10.4. The zero-order valence-electron chi connectivity index (χ0n) is 11.6. The third-order valence-electron chi connectivity index (χ3n) is 3.35. The van der Waals surface area contributed by atoms with Crippen molar-refractivity contribution in [1.29, 1.82) is 0 Å². The van der Waals surface area contributed by atoms with Crippen molar-refractivity contribution in [1.82, 2.24) is 19.6 Å². The lowest BCUT2D eigenvalue weighted by Gasteiger charge is -2.13. The predicted molar refractivity (Wildman–Crippen MR) is 75.0 cm³/mol. The summed E-state index contributed by atoms with van der Waals surface area (Å²) in [5.41, 5.74) is 6.73. The first kappa shape index (κ1) is 14.3. The summed E-state index contributed by atoms with van der Waals surface area (Å²) in [5.74, 6) is 0.545. The van der Waals surface area contributed by atoms with Crippen LogP contribution in [0.3, 0.4) is 0 Å². The van der Waals surface area contributed by atoms with Crippen LogP contribution in [0.2, 0.25) is 0 Å². The molecule has 0 spiro atoms. The fraction of sp³-hybridized carbons (Fsp3) is 0.214. The summed E-state index contributed by atoms with van der Waals surface area (Å²) in [6, 6.07) is 5.01. The molecule has 0 aliphatic carbocycles. The Kier molecular flexibility index (Phi) is 3.23. The van der Waals surface area contributed by atoms with E-state index in [1.165, 1.54) is 16.9 Å². The van der Waals surface area contributed by atoms with Gasteiger partial charge in [-0.25, -0.2) is 4.98 Å². The molecule has 0 aliphatic heterocycles. The van der Waals surface area contributed by atoms with E-state index in [4.69, 9.17) is 5.73 Å². The van der Waals surface area contributed by atoms with Crippen LogP contribution in [0.15, 0.2) is 30.6 Å². The molecule has 5 nitrogen and oxygen atoms in total. The highest BCUT2D eigenvalue weighted by Crippen LogP contribution is 2.35. The van der Waals surface area contributed by atoms with Crippen molar-refractivity contribution in [2.45, 2.75) is 19.5 Å². The summed E-state index contributed by atoms with van der Waals surface area (Å²) >= 11 is 0. The largest absolute Gasteiger partial charge is 0.416 e. The van der Waals surface area contributed by atoms with E-state index in [0.717, 1.165) is 12.1 Å². The number of nitrogens with zero attached hydrogens (tertiary/aromatic N) is 4. The molecule has 0 unspecified atom stereocenters. The van der Waals surface area contributed by atoms with Gasteiger partial charge >= 0.3 is 6.18 Å². The average Bonchev–Trinajstić information content (AvgIpc) is 2.95. The van der Waals surface area contributed by atoms with Crippen molar-refractivity contribution in [2.75, 3.05) is 5.73 Å². The fourth-order valence-electron chi connectivity index (χ4n) is 2.33. The molecule has 2 aromatic heterocycles. The van der Waals surface area contributed by atoms with Crippen LogP contribution in [0.1, 0.15) is 18.2 Å². The standard InChI is InChI=1S/C14H12F3N5/c1-2-10-11(12(18)22-13(21-10)19-7-20-22)8-4-3-5-9(6-8)14(15,16)17/h3-7H,2,18H2,1H3. The monoisotopic (exact) mass is 307 g/mol. The molecule has 0 saturated carbocycles. The molecule has 0 saturated heterocycles. The van der Waals surface area contributed by atoms with Crippen molar-refractivity contribution in [3.63, 3.8) is 0 Å². The number of nitrogen functional groups attached to an aromatic ring is 1. The smallest absolute Gasteiger partial charge is 0.383 e. The lowest BCUT2D eigenvalue weighted by atomic mass is 10.0. The Hall–Kier alpha value is -2.64. The van der Waals surface area contributed by atoms with Crippen LogP contribution in [-0.2, 0) is 12.6 Å². The van der Waals surface area contributed by atoms with Gasteiger partial charge in [-0.1, -0.05) is 19.1 Å². The summed E-state index contributed by atoms with van der Waals surface area (Å²) in [5, 5.41) is 3.95. The number of alkyl halides is 3. The number of hydrogen-bond acceptors (Lipinski definition) is 4. The van der Waals surface area contributed by atoms with Crippen LogP contribution in [0.4, 0.5) is 19.0 Å². The summed E-state index contributed by atoms with van der Waals surface area (Å²) in [6.07, 6.45) is -2.60. The molecule has 0 radical (unpaired) electrons. The highest BCUT2D eigenvalue weighted by atomic mass is 19.4. The van der Waals surface area contributed by atoms with Crippen LogP contribution in [0, 0.1) is 0 Å². The van der Waals surface area contributed by atoms with Gasteiger partial charge < -0.3 is 5.73 Å². The Morgan fingerprint density at radius 1 is 1.27 bits per heavy atom. The Morgan fingerprint density at radius 2 is 2.05 bits per heavy atom. The number of aromatic nitrogens is 4. The molecule has 114 valence electrons. The zero-order valence-corrected chi connectivity index (χ0v) is 11.6. The van der Waals surface area contributed by atoms with Crippen LogP contribution >= 0.6 is 0 Å². The van der Waals surface area contributed by atoms with Crippen molar-refractivity contribution in [3.8, 4) is 11.1 Å². The minimum Gasteiger partial charge on any atom is -0.383 e. The molecule has 2 heterocycles. The number of halogens is 3. The van der Waals surface area contributed by atoms with Gasteiger partial charge in [0.2, 0.25) is 0 Å². The van der Waals surface area contributed by atoms with Gasteiger partial charge in [0.1, 0.15) is 12.1 Å². The molecule has 22 heavy (non-hydrogen) atoms. The lowest BCUT2D eigenvalue weighted by molar-refractivity contribution is -0.137. The maximum Gasteiger partial charge on any atom is 0.416 e. The second kappa shape index (κ2) is 4.97. The van der Waals surface area contributed by atoms with Crippen LogP contribution in [0.25, 0.3) is 16.9 Å². The van der Waals surface area contributed by atoms with E-state index in [1.54, 1.807) is 6.07 Å². The first-order valence-electron chi connectivity index (χ1n) is 6.57. The van der Waals surface area contributed by atoms with Gasteiger partial charge in [-0.05, 0) is 24.1 Å². The number of anilines is 1. The molecule has 1 aromatic carbocycles. The third-order valence-corrected chi connectivity index (χ3v) is 3.35. The van der Waals surface area contributed by atoms with E-state index in [0.29, 0.717) is 29.0 Å². The number of benzene rings is 1. The van der Waals surface area contributed by atoms with Gasteiger partial charge in [0.05, 0.1) is 11.3 Å². The molecule has 2 N–H and O–H groups in total. The molecule has 0 fully saturated rings. The topological polar surface area (TPSA) is 69.1 Å². The fourth-order valence-corrected chi connectivity index (χ4v) is 2.33. The SMILES string of the molecule is CCc1nc2ncnn2c(N)c1-c1cccc(C(F)(F)F)c1. The summed E-state index contributed by atoms with van der Waals surface area (Å²) in [6.45, 7) is 1.85. The number of rotatable bonds is 2. The van der Waals surface area contributed by atoms with Gasteiger partial charge in [-0.15, -0.1) is 0 Å². The van der Waals surface area contributed by atoms with Crippen molar-refractivity contribution < 1.29 is 13.2 Å². The van der Waals surface area contributed by atoms with Gasteiger partial charge in [0.25, 0.3) is 5.78 Å². The van der Waals surface area contributed by atoms with E-state index < -0.39 is 11.7 Å². The van der Waals surface area contributed by atoms with Gasteiger partial charge in [-0.2, -0.15) is 27.8 Å². The third kappa shape index (κ3) is 2.26. The van der Waals surface area contributed by atoms with Gasteiger partial charge in [-0.3, -0.25) is 0 Å². The molecule has 0 bridgehead atoms. The second-order valence-corrected chi connectivity index (χ2v) is 4.72. The van der Waals surface area contributed by atoms with Gasteiger partial charge in [0.15, 0.2) is 0 Å². The summed E-state index contributed by atoms with van der Waals surface area (Å²) in [7, 11) is 0. The second-order valence-electron chi connectivity index (χ2n) is 4.72. The highest BCUT2D eigenvalue weighted by Gasteiger charge is 2.31. The van der Waals surface area contributed by atoms with E-state index in [1.807, 2.05) is 6.92 Å². The number of aryl methyl sites for hydroxylation is 1. The Morgan fingerprint density at radius 3 is 2.73 bits per heavy atom. The maximum absolute atomic E-state index is 12.9. The molecule has 8 heteroatoms. The van der Waals surface area contributed by atoms with Crippen molar-refractivity contribution >= 4 is 11.6 Å². The van der Waals surface area contributed by atoms with Gasteiger partial charge in [0, 0.05) is 5.56 Å². The van der Waals surface area contributed by atoms with E-state index in [9.17, 15) is 13.2 Å². The Balaban J connectivity index is 2.27. The summed E-state index contributed by atoms with van der Waals surface area (Å²) in [4.78, 5) is 8.27. The number of hydrogen-bond donors (Lipinski definition) is 1. The summed E-state index contributed by atoms with van der Waals surface area (Å²) < 4.78 is 40.0. The minimum atomic E-state index is -4.41. The molecular formula is C14H12F3N5.